The van der Waals surface area contributed by atoms with E-state index in [1.807, 2.05) is 6.92 Å². The first kappa shape index (κ1) is 20.9. The maximum Gasteiger partial charge on any atom is 0.315 e. The third-order valence-electron chi connectivity index (χ3n) is 3.97. The fourth-order valence-corrected chi connectivity index (χ4v) is 3.55. The maximum absolute atomic E-state index is 14.0. The standard InChI is InChI=1S/C15H17F4N5O2S/c1-5-3-21-15(26)23-14(5)27-4-7(25)22-6(2)8-9(16)11(18)13(24-20)12(19)10(8)17/h5-6,14,20H,3-4H2,1-2H3,(H,22,25)(H2,21,23,26)/t5?,6-,14?/m1/s1. The molecule has 12 heteroatoms. The molecule has 2 rings (SSSR count). The molecule has 0 aliphatic carbocycles. The van der Waals surface area contributed by atoms with Crippen molar-refractivity contribution in [1.29, 1.82) is 5.53 Å². The average molecular weight is 407 g/mol. The molecule has 148 valence electrons. The van der Waals surface area contributed by atoms with Gasteiger partial charge in [0.2, 0.25) is 5.91 Å². The van der Waals surface area contributed by atoms with E-state index in [0.717, 1.165) is 18.7 Å². The minimum absolute atomic E-state index is 0.0390. The van der Waals surface area contributed by atoms with Gasteiger partial charge >= 0.3 is 6.03 Å². The largest absolute Gasteiger partial charge is 0.349 e. The highest BCUT2D eigenvalue weighted by atomic mass is 32.2. The summed E-state index contributed by atoms with van der Waals surface area (Å²) in [5.74, 6) is -7.80. The summed E-state index contributed by atoms with van der Waals surface area (Å²) in [7, 11) is 0. The molecule has 2 unspecified atom stereocenters. The third kappa shape index (κ3) is 4.49. The van der Waals surface area contributed by atoms with Gasteiger partial charge in [-0.25, -0.2) is 27.9 Å². The van der Waals surface area contributed by atoms with Crippen molar-refractivity contribution >= 4 is 29.4 Å². The van der Waals surface area contributed by atoms with E-state index in [1.165, 1.54) is 0 Å². The van der Waals surface area contributed by atoms with Gasteiger partial charge in [-0.2, -0.15) is 5.11 Å². The van der Waals surface area contributed by atoms with Crippen LogP contribution in [-0.2, 0) is 4.79 Å². The lowest BCUT2D eigenvalue weighted by Crippen LogP contribution is -2.53. The molecule has 1 aliphatic rings. The fraction of sp³-hybridized carbons (Fsp3) is 0.467. The van der Waals surface area contributed by atoms with Gasteiger partial charge < -0.3 is 16.0 Å². The van der Waals surface area contributed by atoms with Gasteiger partial charge in [0.1, 0.15) is 0 Å². The van der Waals surface area contributed by atoms with Gasteiger partial charge in [0.25, 0.3) is 0 Å². The van der Waals surface area contributed by atoms with Gasteiger partial charge in [-0.05, 0) is 6.92 Å². The molecule has 1 saturated heterocycles. The Hall–Kier alpha value is -2.37. The van der Waals surface area contributed by atoms with Gasteiger partial charge in [-0.1, -0.05) is 6.92 Å². The lowest BCUT2D eigenvalue weighted by Gasteiger charge is -2.29. The molecular weight excluding hydrogens is 390 g/mol. The molecule has 0 radical (unpaired) electrons. The number of benzene rings is 1. The average Bonchev–Trinajstić information content (AvgIpc) is 2.61. The van der Waals surface area contributed by atoms with Crippen LogP contribution in [0.3, 0.4) is 0 Å². The third-order valence-corrected chi connectivity index (χ3v) is 5.34. The highest BCUT2D eigenvalue weighted by Crippen LogP contribution is 2.33. The predicted octanol–water partition coefficient (Wildman–Crippen LogP) is 3.09. The monoisotopic (exact) mass is 407 g/mol. The van der Waals surface area contributed by atoms with Crippen LogP contribution in [-0.4, -0.2) is 29.6 Å². The number of urea groups is 1. The molecule has 3 amide bonds. The Bertz CT molecular complexity index is 750. The van der Waals surface area contributed by atoms with Gasteiger partial charge in [0.15, 0.2) is 29.0 Å². The molecule has 7 nitrogen and oxygen atoms in total. The summed E-state index contributed by atoms with van der Waals surface area (Å²) in [4.78, 5) is 23.3. The Labute approximate surface area is 156 Å². The first-order valence-corrected chi connectivity index (χ1v) is 8.90. The van der Waals surface area contributed by atoms with Crippen molar-refractivity contribution in [3.63, 3.8) is 0 Å². The quantitative estimate of drug-likeness (QED) is 0.331. The summed E-state index contributed by atoms with van der Waals surface area (Å²) < 4.78 is 55.5. The minimum atomic E-state index is -1.80. The second-order valence-corrected chi connectivity index (χ2v) is 7.11. The summed E-state index contributed by atoms with van der Waals surface area (Å²) in [5, 5.41) is 9.60. The number of hydrogen-bond donors (Lipinski definition) is 4. The smallest absolute Gasteiger partial charge is 0.315 e. The molecule has 1 aliphatic heterocycles. The Morgan fingerprint density at radius 2 is 1.89 bits per heavy atom. The molecule has 0 spiro atoms. The highest BCUT2D eigenvalue weighted by Gasteiger charge is 2.30. The Kier molecular flexibility index (Phi) is 6.63. The Morgan fingerprint density at radius 1 is 1.30 bits per heavy atom. The molecule has 0 bridgehead atoms. The zero-order valence-electron chi connectivity index (χ0n) is 14.3. The summed E-state index contributed by atoms with van der Waals surface area (Å²) in [6, 6.07) is -1.74. The van der Waals surface area contributed by atoms with Crippen molar-refractivity contribution in [1.82, 2.24) is 16.0 Å². The lowest BCUT2D eigenvalue weighted by molar-refractivity contribution is -0.119. The molecule has 0 aromatic heterocycles. The van der Waals surface area contributed by atoms with Gasteiger partial charge in [0.05, 0.1) is 22.7 Å². The molecule has 1 aromatic rings. The van der Waals surface area contributed by atoms with Crippen molar-refractivity contribution in [2.75, 3.05) is 12.3 Å². The second kappa shape index (κ2) is 8.55. The van der Waals surface area contributed by atoms with Crippen LogP contribution in [0.2, 0.25) is 0 Å². The van der Waals surface area contributed by atoms with Gasteiger partial charge in [-0.15, -0.1) is 11.8 Å². The molecule has 3 atom stereocenters. The van der Waals surface area contributed by atoms with E-state index in [4.69, 9.17) is 5.53 Å². The number of carbonyl (C=O) groups is 2. The molecule has 0 saturated carbocycles. The summed E-state index contributed by atoms with van der Waals surface area (Å²) in [5.41, 5.74) is 4.22. The van der Waals surface area contributed by atoms with Crippen LogP contribution in [0.4, 0.5) is 28.0 Å². The van der Waals surface area contributed by atoms with E-state index in [0.29, 0.717) is 6.54 Å². The zero-order chi connectivity index (χ0) is 20.3. The summed E-state index contributed by atoms with van der Waals surface area (Å²) >= 11 is 1.12. The number of rotatable bonds is 6. The predicted molar refractivity (Wildman–Crippen MR) is 89.6 cm³/mol. The van der Waals surface area contributed by atoms with Crippen LogP contribution in [0.25, 0.3) is 0 Å². The summed E-state index contributed by atoms with van der Waals surface area (Å²) in [6.07, 6.45) is 0. The zero-order valence-corrected chi connectivity index (χ0v) is 15.1. The van der Waals surface area contributed by atoms with Crippen LogP contribution >= 0.6 is 11.8 Å². The van der Waals surface area contributed by atoms with Crippen molar-refractivity contribution < 1.29 is 27.2 Å². The Morgan fingerprint density at radius 3 is 2.44 bits per heavy atom. The van der Waals surface area contributed by atoms with Crippen molar-refractivity contribution in [2.45, 2.75) is 25.3 Å². The number of nitrogens with zero attached hydrogens (tertiary/aromatic N) is 1. The van der Waals surface area contributed by atoms with E-state index < -0.39 is 46.5 Å². The van der Waals surface area contributed by atoms with Crippen LogP contribution in [0.15, 0.2) is 5.11 Å². The number of thioether (sulfide) groups is 1. The van der Waals surface area contributed by atoms with Crippen molar-refractivity contribution in [2.24, 2.45) is 11.0 Å². The Balaban J connectivity index is 2.06. The van der Waals surface area contributed by atoms with Gasteiger partial charge in [0, 0.05) is 12.5 Å². The summed E-state index contributed by atoms with van der Waals surface area (Å²) in [6.45, 7) is 3.46. The molecule has 4 N–H and O–H groups in total. The lowest BCUT2D eigenvalue weighted by atomic mass is 10.0. The molecule has 27 heavy (non-hydrogen) atoms. The number of amides is 3. The number of carbonyl (C=O) groups excluding carboxylic acids is 2. The van der Waals surface area contributed by atoms with E-state index in [2.05, 4.69) is 21.1 Å². The SMILES string of the molecule is CC1CNC(=O)NC1SCC(=O)N[C@H](C)c1c(F)c(F)c(N=N)c(F)c1F. The van der Waals surface area contributed by atoms with Crippen LogP contribution in [0.1, 0.15) is 25.5 Å². The second-order valence-electron chi connectivity index (χ2n) is 5.98. The van der Waals surface area contributed by atoms with E-state index in [9.17, 15) is 27.2 Å². The van der Waals surface area contributed by atoms with E-state index in [1.54, 1.807) is 0 Å². The van der Waals surface area contributed by atoms with Crippen LogP contribution in [0, 0.1) is 34.7 Å². The normalized spacial score (nSPS) is 20.4. The maximum atomic E-state index is 14.0. The van der Waals surface area contributed by atoms with Crippen LogP contribution in [0.5, 0.6) is 0 Å². The minimum Gasteiger partial charge on any atom is -0.349 e. The van der Waals surface area contributed by atoms with E-state index >= 15 is 0 Å². The van der Waals surface area contributed by atoms with Crippen molar-refractivity contribution in [3.05, 3.63) is 28.8 Å². The number of halogens is 4. The molecule has 1 fully saturated rings. The fourth-order valence-electron chi connectivity index (χ4n) is 2.53. The molecule has 1 heterocycles. The first-order valence-electron chi connectivity index (χ1n) is 7.86. The molecular formula is C15H17F4N5O2S. The molecule has 1 aromatic carbocycles. The van der Waals surface area contributed by atoms with E-state index in [-0.39, 0.29) is 23.1 Å². The topological polar surface area (TPSA) is 106 Å². The number of hydrogen-bond acceptors (Lipinski definition) is 5. The van der Waals surface area contributed by atoms with Crippen LogP contribution < -0.4 is 16.0 Å². The highest BCUT2D eigenvalue weighted by molar-refractivity contribution is 8.00. The number of nitrogens with one attached hydrogen (secondary N) is 4. The van der Waals surface area contributed by atoms with Crippen molar-refractivity contribution in [3.8, 4) is 0 Å². The van der Waals surface area contributed by atoms with Gasteiger partial charge in [-0.3, -0.25) is 4.79 Å². The first-order chi connectivity index (χ1) is 12.7.